The maximum Gasteiger partial charge on any atom is 0.211 e. The number of primary sulfonamides is 2. The summed E-state index contributed by atoms with van der Waals surface area (Å²) in [6, 6.07) is 0. The average Bonchev–Trinajstić information content (AvgIpc) is 2.04. The van der Waals surface area contributed by atoms with Crippen LogP contribution in [0.25, 0.3) is 0 Å². The Morgan fingerprint density at radius 1 is 1.05 bits per heavy atom. The molecule has 0 rings (SSSR count). The third-order valence-corrected chi connectivity index (χ3v) is 2.59. The van der Waals surface area contributed by atoms with Gasteiger partial charge in [0.1, 0.15) is 0 Å². The SMILES string of the molecule is C.C#N.CCCS(N)(=O)=O.NS(=O)(=O)CCO.[CH3-].[Pd]. The van der Waals surface area contributed by atoms with Crippen molar-refractivity contribution in [1.29, 1.82) is 5.26 Å². The molecule has 0 saturated carbocycles. The van der Waals surface area contributed by atoms with Crippen molar-refractivity contribution in [2.24, 2.45) is 10.3 Å². The standard InChI is InChI=1S/C3H9NO2S.C2H7NO3S.CHN.CH4.CH3.Pd/c1-2-3-7(4,5)6;3-7(5,6)2-1-4;1-2;;;/h2-3H2,1H3,(H2,4,5,6);4H,1-2H2,(H2,3,5,6);1H;1H4;1H3;/q;;;;-1;. The number of hydrogen-bond acceptors (Lipinski definition) is 6. The fraction of sp³-hybridized carbons (Fsp3) is 0.750. The molecule has 0 aliphatic carbocycles. The van der Waals surface area contributed by atoms with Crippen LogP contribution in [-0.2, 0) is 40.5 Å². The second-order valence-electron chi connectivity index (χ2n) is 2.46. The Morgan fingerprint density at radius 3 is 1.32 bits per heavy atom. The van der Waals surface area contributed by atoms with Crippen LogP contribution in [0.5, 0.6) is 0 Å². The van der Waals surface area contributed by atoms with Crippen LogP contribution in [0.1, 0.15) is 20.8 Å². The first kappa shape index (κ1) is 36.4. The molecule has 0 radical (unpaired) electrons. The van der Waals surface area contributed by atoms with Gasteiger partial charge in [-0.25, -0.2) is 32.4 Å². The van der Waals surface area contributed by atoms with Crippen molar-refractivity contribution in [3.05, 3.63) is 7.43 Å². The van der Waals surface area contributed by atoms with E-state index in [0.717, 1.165) is 0 Å². The Morgan fingerprint density at radius 2 is 1.32 bits per heavy atom. The van der Waals surface area contributed by atoms with E-state index in [4.69, 9.17) is 10.4 Å². The molecule has 0 bridgehead atoms. The van der Waals surface area contributed by atoms with Crippen LogP contribution >= 0.6 is 0 Å². The van der Waals surface area contributed by atoms with E-state index in [0.29, 0.717) is 6.42 Å². The average molecular weight is 413 g/mol. The predicted octanol–water partition coefficient (Wildman–Crippen LogP) is -0.824. The minimum absolute atomic E-state index is 0. The Bertz CT molecular complexity index is 333. The molecule has 124 valence electrons. The third-order valence-electron chi connectivity index (χ3n) is 0.864. The second kappa shape index (κ2) is 20.3. The molecular weight excluding hydrogens is 389 g/mol. The van der Waals surface area contributed by atoms with Gasteiger partial charge in [0.15, 0.2) is 0 Å². The minimum Gasteiger partial charge on any atom is -0.395 e. The monoisotopic (exact) mass is 412 g/mol. The van der Waals surface area contributed by atoms with Crippen LogP contribution in [0.4, 0.5) is 0 Å². The van der Waals surface area contributed by atoms with E-state index in [2.05, 4.69) is 16.9 Å². The molecule has 0 amide bonds. The van der Waals surface area contributed by atoms with Gasteiger partial charge in [-0.2, -0.15) is 0 Å². The maximum absolute atomic E-state index is 10.0. The van der Waals surface area contributed by atoms with E-state index < -0.39 is 26.7 Å². The third kappa shape index (κ3) is 72.3. The summed E-state index contributed by atoms with van der Waals surface area (Å²) in [6.07, 6.45) is 0.596. The van der Waals surface area contributed by atoms with Crippen LogP contribution in [0, 0.1) is 19.3 Å². The van der Waals surface area contributed by atoms with Gasteiger partial charge in [0.2, 0.25) is 20.0 Å². The van der Waals surface area contributed by atoms with Crippen LogP contribution in [0.15, 0.2) is 0 Å². The Balaban J connectivity index is -0.0000000344. The van der Waals surface area contributed by atoms with Crippen molar-refractivity contribution in [3.63, 3.8) is 0 Å². The smallest absolute Gasteiger partial charge is 0.211 e. The second-order valence-corrected chi connectivity index (χ2v) is 5.93. The van der Waals surface area contributed by atoms with Crippen LogP contribution in [0.3, 0.4) is 0 Å². The van der Waals surface area contributed by atoms with Gasteiger partial charge in [-0.1, -0.05) is 14.4 Å². The van der Waals surface area contributed by atoms with Crippen molar-refractivity contribution < 1.29 is 42.4 Å². The Kier molecular flexibility index (Phi) is 38.8. The summed E-state index contributed by atoms with van der Waals surface area (Å²) < 4.78 is 39.7. The van der Waals surface area contributed by atoms with Gasteiger partial charge >= 0.3 is 0 Å². The summed E-state index contributed by atoms with van der Waals surface area (Å²) in [5.41, 5.74) is 0. The molecule has 0 unspecified atom stereocenters. The van der Waals surface area contributed by atoms with Crippen molar-refractivity contribution >= 4 is 20.0 Å². The first-order chi connectivity index (χ1) is 7.12. The van der Waals surface area contributed by atoms with E-state index in [1.165, 1.54) is 0 Å². The molecular formula is C8H24N3O5PdS2-. The van der Waals surface area contributed by atoms with Gasteiger partial charge in [-0.05, 0) is 6.42 Å². The topological polar surface area (TPSA) is 164 Å². The zero-order valence-electron chi connectivity index (χ0n) is 10.2. The fourth-order valence-corrected chi connectivity index (χ4v) is 1.24. The fourth-order valence-electron chi connectivity index (χ4n) is 0.412. The summed E-state index contributed by atoms with van der Waals surface area (Å²) in [5, 5.41) is 23.5. The number of aliphatic hydroxyl groups excluding tert-OH is 1. The van der Waals surface area contributed by atoms with E-state index in [1.807, 2.05) is 0 Å². The molecule has 5 N–H and O–H groups in total. The quantitative estimate of drug-likeness (QED) is 0.403. The van der Waals surface area contributed by atoms with Gasteiger partial charge in [0, 0.05) is 27.0 Å². The van der Waals surface area contributed by atoms with E-state index in [-0.39, 0.29) is 46.8 Å². The largest absolute Gasteiger partial charge is 0.395 e. The first-order valence-electron chi connectivity index (χ1n) is 4.00. The van der Waals surface area contributed by atoms with E-state index >= 15 is 0 Å². The normalized spacial score (nSPS) is 8.74. The number of nitrogens with zero attached hydrogens (tertiary/aromatic N) is 1. The van der Waals surface area contributed by atoms with E-state index in [9.17, 15) is 16.8 Å². The van der Waals surface area contributed by atoms with Crippen molar-refractivity contribution in [1.82, 2.24) is 0 Å². The minimum atomic E-state index is -3.42. The molecule has 0 aromatic rings. The van der Waals surface area contributed by atoms with Crippen LogP contribution < -0.4 is 10.3 Å². The van der Waals surface area contributed by atoms with E-state index in [1.54, 1.807) is 6.92 Å². The number of nitrogens with two attached hydrogens (primary N) is 2. The predicted molar refractivity (Wildman–Crippen MR) is 73.1 cm³/mol. The molecule has 19 heavy (non-hydrogen) atoms. The van der Waals surface area contributed by atoms with Gasteiger partial charge in [-0.15, -0.1) is 0 Å². The summed E-state index contributed by atoms with van der Waals surface area (Å²) in [7, 11) is -6.60. The Hall–Kier alpha value is -0.0677. The van der Waals surface area contributed by atoms with Crippen LogP contribution in [-0.4, -0.2) is 40.1 Å². The molecule has 0 aliphatic heterocycles. The Labute approximate surface area is 130 Å². The van der Waals surface area contributed by atoms with Gasteiger partial charge < -0.3 is 12.5 Å². The summed E-state index contributed by atoms with van der Waals surface area (Å²) in [6.45, 7) is 4.86. The molecule has 0 aromatic carbocycles. The first-order valence-corrected chi connectivity index (χ1v) is 7.43. The molecule has 11 heteroatoms. The number of rotatable bonds is 4. The number of aliphatic hydroxyl groups is 1. The zero-order chi connectivity index (χ0) is 13.8. The van der Waals surface area contributed by atoms with Gasteiger partial charge in [-0.3, -0.25) is 0 Å². The molecule has 0 saturated heterocycles. The summed E-state index contributed by atoms with van der Waals surface area (Å²) >= 11 is 0. The van der Waals surface area contributed by atoms with Gasteiger partial charge in [0.25, 0.3) is 0 Å². The number of nitriles is 1. The molecule has 0 fully saturated rings. The van der Waals surface area contributed by atoms with Gasteiger partial charge in [0.05, 0.1) is 18.1 Å². The molecule has 0 aliphatic rings. The molecule has 0 atom stereocenters. The van der Waals surface area contributed by atoms with Crippen molar-refractivity contribution in [2.45, 2.75) is 20.8 Å². The summed E-state index contributed by atoms with van der Waals surface area (Å²) in [5.74, 6) is -0.264. The van der Waals surface area contributed by atoms with Crippen molar-refractivity contribution in [3.8, 4) is 6.57 Å². The van der Waals surface area contributed by atoms with Crippen molar-refractivity contribution in [2.75, 3.05) is 18.1 Å². The number of hydrogen-bond donors (Lipinski definition) is 3. The molecule has 0 spiro atoms. The van der Waals surface area contributed by atoms with Crippen LogP contribution in [0.2, 0.25) is 0 Å². The zero-order valence-corrected chi connectivity index (χ0v) is 13.4. The molecule has 8 nitrogen and oxygen atoms in total. The maximum atomic E-state index is 10.0. The molecule has 0 aromatic heterocycles. The molecule has 0 heterocycles. The summed E-state index contributed by atoms with van der Waals surface area (Å²) in [4.78, 5) is 0. The number of sulfonamides is 2.